The van der Waals surface area contributed by atoms with Crippen molar-refractivity contribution in [2.75, 3.05) is 12.4 Å². The van der Waals surface area contributed by atoms with Crippen LogP contribution < -0.4 is 5.32 Å². The van der Waals surface area contributed by atoms with E-state index in [1.165, 1.54) is 7.11 Å². The Labute approximate surface area is 133 Å². The first-order chi connectivity index (χ1) is 11.0. The van der Waals surface area contributed by atoms with Gasteiger partial charge in [0.25, 0.3) is 0 Å². The van der Waals surface area contributed by atoms with Crippen LogP contribution >= 0.6 is 0 Å². The van der Waals surface area contributed by atoms with Crippen molar-refractivity contribution in [1.29, 1.82) is 0 Å². The van der Waals surface area contributed by atoms with Gasteiger partial charge in [-0.25, -0.2) is 4.79 Å². The van der Waals surface area contributed by atoms with E-state index < -0.39 is 23.8 Å². The van der Waals surface area contributed by atoms with Gasteiger partial charge in [0.05, 0.1) is 24.5 Å². The van der Waals surface area contributed by atoms with E-state index in [0.29, 0.717) is 11.3 Å². The lowest BCUT2D eigenvalue weighted by molar-refractivity contribution is -0.146. The van der Waals surface area contributed by atoms with Crippen LogP contribution in [0.25, 0.3) is 0 Å². The van der Waals surface area contributed by atoms with Crippen molar-refractivity contribution in [3.05, 3.63) is 42.0 Å². The van der Waals surface area contributed by atoms with Gasteiger partial charge in [0.1, 0.15) is 0 Å². The number of rotatable bonds is 4. The molecular weight excluding hydrogens is 298 g/mol. The molecule has 120 valence electrons. The van der Waals surface area contributed by atoms with E-state index in [1.807, 2.05) is 12.2 Å². The molecule has 1 amide bonds. The molecule has 23 heavy (non-hydrogen) atoms. The van der Waals surface area contributed by atoms with Crippen molar-refractivity contribution in [2.24, 2.45) is 23.7 Å². The van der Waals surface area contributed by atoms with Gasteiger partial charge < -0.3 is 15.2 Å². The number of benzene rings is 1. The van der Waals surface area contributed by atoms with Crippen LogP contribution in [0, 0.1) is 23.7 Å². The molecule has 3 rings (SSSR count). The van der Waals surface area contributed by atoms with Crippen molar-refractivity contribution in [3.8, 4) is 0 Å². The average Bonchev–Trinajstić information content (AvgIpc) is 3.15. The Balaban J connectivity index is 1.73. The van der Waals surface area contributed by atoms with Gasteiger partial charge in [-0.2, -0.15) is 0 Å². The summed E-state index contributed by atoms with van der Waals surface area (Å²) in [4.78, 5) is 35.3. The van der Waals surface area contributed by atoms with E-state index in [1.54, 1.807) is 24.3 Å². The minimum atomic E-state index is -0.928. The van der Waals surface area contributed by atoms with Crippen molar-refractivity contribution < 1.29 is 24.2 Å². The van der Waals surface area contributed by atoms with E-state index in [-0.39, 0.29) is 17.7 Å². The maximum Gasteiger partial charge on any atom is 0.337 e. The number of carbonyl (C=O) groups is 3. The van der Waals surface area contributed by atoms with Crippen LogP contribution in [0.1, 0.15) is 16.8 Å². The van der Waals surface area contributed by atoms with Crippen LogP contribution in [-0.4, -0.2) is 30.1 Å². The lowest BCUT2D eigenvalue weighted by atomic mass is 9.82. The summed E-state index contributed by atoms with van der Waals surface area (Å²) >= 11 is 0. The number of hydrogen-bond donors (Lipinski definition) is 2. The highest BCUT2D eigenvalue weighted by molar-refractivity contribution is 5.97. The Morgan fingerprint density at radius 3 is 2.26 bits per heavy atom. The van der Waals surface area contributed by atoms with Gasteiger partial charge in [-0.05, 0) is 42.5 Å². The summed E-state index contributed by atoms with van der Waals surface area (Å²) in [7, 11) is 1.30. The molecule has 2 aliphatic rings. The Bertz CT molecular complexity index is 679. The van der Waals surface area contributed by atoms with Crippen LogP contribution in [-0.2, 0) is 14.3 Å². The van der Waals surface area contributed by atoms with Crippen molar-refractivity contribution in [3.63, 3.8) is 0 Å². The zero-order chi connectivity index (χ0) is 16.6. The van der Waals surface area contributed by atoms with E-state index in [9.17, 15) is 19.5 Å². The van der Waals surface area contributed by atoms with Crippen molar-refractivity contribution in [2.45, 2.75) is 6.42 Å². The summed E-state index contributed by atoms with van der Waals surface area (Å²) in [5, 5.41) is 12.1. The third-order valence-electron chi connectivity index (χ3n) is 4.62. The normalized spacial score (nSPS) is 27.7. The first kappa shape index (κ1) is 15.3. The zero-order valence-corrected chi connectivity index (χ0v) is 12.6. The molecular formula is C17H17NO5. The van der Waals surface area contributed by atoms with Gasteiger partial charge in [0.2, 0.25) is 5.91 Å². The van der Waals surface area contributed by atoms with Crippen molar-refractivity contribution >= 4 is 23.5 Å². The molecule has 0 radical (unpaired) electrons. The lowest BCUT2D eigenvalue weighted by Gasteiger charge is -2.23. The number of nitrogens with one attached hydrogen (secondary N) is 1. The summed E-state index contributed by atoms with van der Waals surface area (Å²) in [5.74, 6) is -2.97. The number of aliphatic carboxylic acids is 1. The van der Waals surface area contributed by atoms with E-state index >= 15 is 0 Å². The number of anilines is 1. The predicted octanol–water partition coefficient (Wildman–Crippen LogP) is 1.93. The molecule has 1 aromatic rings. The molecule has 6 nitrogen and oxygen atoms in total. The lowest BCUT2D eigenvalue weighted by Crippen LogP contribution is -2.36. The first-order valence-electron chi connectivity index (χ1n) is 7.41. The number of carboxylic acids is 1. The largest absolute Gasteiger partial charge is 0.481 e. The van der Waals surface area contributed by atoms with E-state index in [2.05, 4.69) is 10.1 Å². The Morgan fingerprint density at radius 2 is 1.70 bits per heavy atom. The fraction of sp³-hybridized carbons (Fsp3) is 0.353. The van der Waals surface area contributed by atoms with Gasteiger partial charge in [-0.3, -0.25) is 9.59 Å². The number of methoxy groups -OCH3 is 1. The van der Waals surface area contributed by atoms with Gasteiger partial charge >= 0.3 is 11.9 Å². The van der Waals surface area contributed by atoms with Crippen molar-refractivity contribution in [1.82, 2.24) is 0 Å². The monoisotopic (exact) mass is 315 g/mol. The number of carboxylic acid groups (broad SMARTS) is 1. The highest BCUT2D eigenvalue weighted by atomic mass is 16.5. The molecule has 0 aromatic heterocycles. The SMILES string of the molecule is COC(=O)c1ccc(NC(=O)[C@@H]2[C@@H](C(=O)O)[C@@H]3C=C[C@H]2C3)cc1. The van der Waals surface area contributed by atoms with Crippen LogP contribution in [0.3, 0.4) is 0 Å². The zero-order valence-electron chi connectivity index (χ0n) is 12.6. The maximum atomic E-state index is 12.5. The average molecular weight is 315 g/mol. The topological polar surface area (TPSA) is 92.7 Å². The fourth-order valence-electron chi connectivity index (χ4n) is 3.55. The molecule has 6 heteroatoms. The third-order valence-corrected chi connectivity index (χ3v) is 4.62. The molecule has 2 N–H and O–H groups in total. The molecule has 1 saturated carbocycles. The van der Waals surface area contributed by atoms with Crippen LogP contribution in [0.5, 0.6) is 0 Å². The minimum Gasteiger partial charge on any atom is -0.481 e. The number of amides is 1. The summed E-state index contributed by atoms with van der Waals surface area (Å²) in [5.41, 5.74) is 0.912. The third kappa shape index (κ3) is 2.72. The smallest absolute Gasteiger partial charge is 0.337 e. The fourth-order valence-corrected chi connectivity index (χ4v) is 3.55. The molecule has 0 unspecified atom stereocenters. The van der Waals surface area contributed by atoms with Crippen LogP contribution in [0.4, 0.5) is 5.69 Å². The number of esters is 1. The highest BCUT2D eigenvalue weighted by Gasteiger charge is 2.51. The molecule has 2 bridgehead atoms. The molecule has 2 aliphatic carbocycles. The summed E-state index contributed by atoms with van der Waals surface area (Å²) < 4.78 is 4.61. The standard InChI is InChI=1S/C17H17NO5/c1-23-17(22)9-4-6-12(7-5-9)18-15(19)13-10-2-3-11(8-10)14(13)16(20)21/h2-7,10-11,13-14H,8H2,1H3,(H,18,19)(H,20,21)/t10-,11+,13-,14-/m0/s1. The van der Waals surface area contributed by atoms with Gasteiger partial charge in [0, 0.05) is 5.69 Å². The molecule has 0 heterocycles. The van der Waals surface area contributed by atoms with Gasteiger partial charge in [-0.1, -0.05) is 12.2 Å². The Kier molecular flexibility index (Phi) is 3.90. The quantitative estimate of drug-likeness (QED) is 0.654. The first-order valence-corrected chi connectivity index (χ1v) is 7.41. The molecule has 4 atom stereocenters. The molecule has 1 aromatic carbocycles. The minimum absolute atomic E-state index is 0.0181. The molecule has 0 saturated heterocycles. The van der Waals surface area contributed by atoms with E-state index in [0.717, 1.165) is 6.42 Å². The second-order valence-corrected chi connectivity index (χ2v) is 5.90. The van der Waals surface area contributed by atoms with Crippen LogP contribution in [0.15, 0.2) is 36.4 Å². The van der Waals surface area contributed by atoms with Crippen LogP contribution in [0.2, 0.25) is 0 Å². The van der Waals surface area contributed by atoms with Gasteiger partial charge in [-0.15, -0.1) is 0 Å². The molecule has 0 aliphatic heterocycles. The second kappa shape index (κ2) is 5.87. The molecule has 1 fully saturated rings. The Morgan fingerprint density at radius 1 is 1.09 bits per heavy atom. The number of allylic oxidation sites excluding steroid dienone is 2. The number of ether oxygens (including phenoxy) is 1. The highest BCUT2D eigenvalue weighted by Crippen LogP contribution is 2.48. The Hall–Kier alpha value is -2.63. The number of hydrogen-bond acceptors (Lipinski definition) is 4. The predicted molar refractivity (Wildman–Crippen MR) is 81.8 cm³/mol. The summed E-state index contributed by atoms with van der Waals surface area (Å²) in [6, 6.07) is 6.31. The summed E-state index contributed by atoms with van der Waals surface area (Å²) in [6.07, 6.45) is 4.56. The maximum absolute atomic E-state index is 12.5. The number of carbonyl (C=O) groups excluding carboxylic acids is 2. The van der Waals surface area contributed by atoms with Gasteiger partial charge in [0.15, 0.2) is 0 Å². The second-order valence-electron chi connectivity index (χ2n) is 5.90. The number of fused-ring (bicyclic) bond motifs is 2. The summed E-state index contributed by atoms with van der Waals surface area (Å²) in [6.45, 7) is 0. The van der Waals surface area contributed by atoms with E-state index in [4.69, 9.17) is 0 Å². The molecule has 0 spiro atoms.